The van der Waals surface area contributed by atoms with Crippen LogP contribution >= 0.6 is 11.6 Å². The molecule has 0 aliphatic carbocycles. The molecule has 1 N–H and O–H groups in total. The van der Waals surface area contributed by atoms with Gasteiger partial charge >= 0.3 is 0 Å². The Morgan fingerprint density at radius 3 is 2.44 bits per heavy atom. The van der Waals surface area contributed by atoms with Crippen LogP contribution in [0.3, 0.4) is 0 Å². The van der Waals surface area contributed by atoms with Gasteiger partial charge in [0.15, 0.2) is 5.78 Å². The van der Waals surface area contributed by atoms with Crippen LogP contribution in [0.5, 0.6) is 11.5 Å². The highest BCUT2D eigenvalue weighted by molar-refractivity contribution is 6.32. The summed E-state index contributed by atoms with van der Waals surface area (Å²) in [5, 5.41) is 10.0. The van der Waals surface area contributed by atoms with Crippen molar-refractivity contribution in [2.75, 3.05) is 0 Å². The molecule has 5 heteroatoms. The van der Waals surface area contributed by atoms with E-state index in [4.69, 9.17) is 20.8 Å². The lowest BCUT2D eigenvalue weighted by Crippen LogP contribution is -1.95. The summed E-state index contributed by atoms with van der Waals surface area (Å²) in [5.41, 5.74) is 2.41. The Labute approximate surface area is 162 Å². The Bertz CT molecular complexity index is 961. The van der Waals surface area contributed by atoms with Gasteiger partial charge in [-0.25, -0.2) is 0 Å². The minimum atomic E-state index is -0.170. The van der Waals surface area contributed by atoms with E-state index in [-0.39, 0.29) is 18.1 Å². The molecule has 2 aromatic carbocycles. The maximum Gasteiger partial charge on any atom is 0.185 e. The number of ether oxygens (including phenoxy) is 1. The number of furan rings is 1. The summed E-state index contributed by atoms with van der Waals surface area (Å²) >= 11 is 6.16. The number of ketones is 1. The number of benzene rings is 2. The fourth-order valence-corrected chi connectivity index (χ4v) is 2.69. The molecule has 0 saturated carbocycles. The second-order valence-electron chi connectivity index (χ2n) is 6.21. The first-order chi connectivity index (χ1) is 12.9. The standard InChI is InChI=1S/C22H19ClO4/c1-14-11-20(12-15(2)22(14)23)26-13-19-8-7-18(27-19)9-10-21(25)16-3-5-17(24)6-4-16/h3-12,24H,13H2,1-2H3/b10-9+. The number of carbonyl (C=O) groups is 1. The first-order valence-corrected chi connectivity index (χ1v) is 8.80. The van der Waals surface area contributed by atoms with Crippen LogP contribution in [0.15, 0.2) is 59.0 Å². The van der Waals surface area contributed by atoms with E-state index in [1.165, 1.54) is 18.2 Å². The molecule has 0 unspecified atom stereocenters. The number of hydrogen-bond donors (Lipinski definition) is 1. The van der Waals surface area contributed by atoms with E-state index < -0.39 is 0 Å². The van der Waals surface area contributed by atoms with Gasteiger partial charge in [0.05, 0.1) is 0 Å². The highest BCUT2D eigenvalue weighted by atomic mass is 35.5. The van der Waals surface area contributed by atoms with Crippen LogP contribution in [0, 0.1) is 13.8 Å². The largest absolute Gasteiger partial charge is 0.508 e. The number of aryl methyl sites for hydroxylation is 2. The van der Waals surface area contributed by atoms with Crippen LogP contribution in [-0.4, -0.2) is 10.9 Å². The SMILES string of the molecule is Cc1cc(OCc2ccc(/C=C/C(=O)c3ccc(O)cc3)o2)cc(C)c1Cl. The van der Waals surface area contributed by atoms with Crippen molar-refractivity contribution in [3.05, 3.63) is 87.8 Å². The van der Waals surface area contributed by atoms with E-state index in [1.54, 1.807) is 30.3 Å². The third-order valence-electron chi connectivity index (χ3n) is 4.02. The summed E-state index contributed by atoms with van der Waals surface area (Å²) in [6, 6.07) is 13.4. The second-order valence-corrected chi connectivity index (χ2v) is 6.59. The average molecular weight is 383 g/mol. The first kappa shape index (κ1) is 18.8. The van der Waals surface area contributed by atoms with Crippen molar-refractivity contribution in [3.63, 3.8) is 0 Å². The quantitative estimate of drug-likeness (QED) is 0.437. The van der Waals surface area contributed by atoms with Crippen molar-refractivity contribution in [3.8, 4) is 11.5 Å². The summed E-state index contributed by atoms with van der Waals surface area (Å²) < 4.78 is 11.4. The van der Waals surface area contributed by atoms with Gasteiger partial charge in [0.2, 0.25) is 0 Å². The normalized spacial score (nSPS) is 11.1. The molecule has 0 aliphatic rings. The maximum atomic E-state index is 12.1. The lowest BCUT2D eigenvalue weighted by atomic mass is 10.1. The van der Waals surface area contributed by atoms with Crippen LogP contribution in [0.25, 0.3) is 6.08 Å². The number of phenols is 1. The fraction of sp³-hybridized carbons (Fsp3) is 0.136. The predicted octanol–water partition coefficient (Wildman–Crippen LogP) is 5.73. The second kappa shape index (κ2) is 8.14. The lowest BCUT2D eigenvalue weighted by Gasteiger charge is -2.08. The van der Waals surface area contributed by atoms with Gasteiger partial charge in [-0.15, -0.1) is 0 Å². The van der Waals surface area contributed by atoms with Crippen LogP contribution in [0.4, 0.5) is 0 Å². The Kier molecular flexibility index (Phi) is 5.67. The van der Waals surface area contributed by atoms with Crippen molar-refractivity contribution in [2.45, 2.75) is 20.5 Å². The molecule has 4 nitrogen and oxygen atoms in total. The number of allylic oxidation sites excluding steroid dienone is 1. The van der Waals surface area contributed by atoms with Crippen LogP contribution < -0.4 is 4.74 Å². The zero-order valence-corrected chi connectivity index (χ0v) is 15.8. The molecule has 1 heterocycles. The van der Waals surface area contributed by atoms with E-state index in [0.717, 1.165) is 21.9 Å². The Balaban J connectivity index is 1.61. The molecule has 0 saturated heterocycles. The number of carbonyl (C=O) groups excluding carboxylic acids is 1. The number of aromatic hydroxyl groups is 1. The number of hydrogen-bond acceptors (Lipinski definition) is 4. The van der Waals surface area contributed by atoms with Gasteiger partial charge in [-0.3, -0.25) is 4.79 Å². The van der Waals surface area contributed by atoms with E-state index in [1.807, 2.05) is 26.0 Å². The Hall–Kier alpha value is -2.98. The van der Waals surface area contributed by atoms with Crippen LogP contribution in [0.1, 0.15) is 33.0 Å². The molecule has 3 aromatic rings. The molecule has 0 aliphatic heterocycles. The molecule has 0 atom stereocenters. The molecular weight excluding hydrogens is 364 g/mol. The third-order valence-corrected chi connectivity index (χ3v) is 4.62. The zero-order valence-electron chi connectivity index (χ0n) is 15.0. The van der Waals surface area contributed by atoms with Crippen molar-refractivity contribution < 1.29 is 19.1 Å². The molecule has 0 fully saturated rings. The summed E-state index contributed by atoms with van der Waals surface area (Å²) in [4.78, 5) is 12.1. The zero-order chi connectivity index (χ0) is 19.4. The molecule has 0 amide bonds. The summed E-state index contributed by atoms with van der Waals surface area (Å²) in [6.07, 6.45) is 3.04. The van der Waals surface area contributed by atoms with Gasteiger partial charge in [0.25, 0.3) is 0 Å². The third kappa shape index (κ3) is 4.80. The first-order valence-electron chi connectivity index (χ1n) is 8.42. The van der Waals surface area contributed by atoms with E-state index in [0.29, 0.717) is 17.1 Å². The van der Waals surface area contributed by atoms with Crippen molar-refractivity contribution in [2.24, 2.45) is 0 Å². The average Bonchev–Trinajstić information content (AvgIpc) is 3.11. The molecule has 0 radical (unpaired) electrons. The van der Waals surface area contributed by atoms with Crippen molar-refractivity contribution >= 4 is 23.5 Å². The minimum absolute atomic E-state index is 0.122. The molecule has 3 rings (SSSR count). The fourth-order valence-electron chi connectivity index (χ4n) is 2.59. The summed E-state index contributed by atoms with van der Waals surface area (Å²) in [7, 11) is 0. The van der Waals surface area contributed by atoms with Gasteiger partial charge in [-0.1, -0.05) is 11.6 Å². The molecule has 27 heavy (non-hydrogen) atoms. The van der Waals surface area contributed by atoms with Crippen LogP contribution in [-0.2, 0) is 6.61 Å². The highest BCUT2D eigenvalue weighted by Crippen LogP contribution is 2.26. The molecule has 0 bridgehead atoms. The lowest BCUT2D eigenvalue weighted by molar-refractivity contribution is 0.104. The van der Waals surface area contributed by atoms with Crippen LogP contribution in [0.2, 0.25) is 5.02 Å². The minimum Gasteiger partial charge on any atom is -0.508 e. The van der Waals surface area contributed by atoms with Gasteiger partial charge in [-0.2, -0.15) is 0 Å². The van der Waals surface area contributed by atoms with E-state index in [9.17, 15) is 9.90 Å². The highest BCUT2D eigenvalue weighted by Gasteiger charge is 2.06. The van der Waals surface area contributed by atoms with Gasteiger partial charge in [-0.05, 0) is 85.7 Å². The van der Waals surface area contributed by atoms with Crippen molar-refractivity contribution in [1.82, 2.24) is 0 Å². The summed E-state index contributed by atoms with van der Waals surface area (Å²) in [5.74, 6) is 1.89. The van der Waals surface area contributed by atoms with Gasteiger partial charge < -0.3 is 14.3 Å². The van der Waals surface area contributed by atoms with Gasteiger partial charge in [0, 0.05) is 10.6 Å². The Morgan fingerprint density at radius 1 is 1.11 bits per heavy atom. The number of rotatable bonds is 6. The molecular formula is C22H19ClO4. The summed E-state index contributed by atoms with van der Waals surface area (Å²) in [6.45, 7) is 4.15. The monoisotopic (exact) mass is 382 g/mol. The Morgan fingerprint density at radius 2 is 1.78 bits per heavy atom. The number of halogens is 1. The molecule has 138 valence electrons. The van der Waals surface area contributed by atoms with E-state index in [2.05, 4.69) is 0 Å². The maximum absolute atomic E-state index is 12.1. The predicted molar refractivity (Wildman–Crippen MR) is 105 cm³/mol. The number of phenolic OH excluding ortho intramolecular Hbond substituents is 1. The van der Waals surface area contributed by atoms with Crippen molar-refractivity contribution in [1.29, 1.82) is 0 Å². The molecule has 0 spiro atoms. The van der Waals surface area contributed by atoms with E-state index >= 15 is 0 Å². The topological polar surface area (TPSA) is 59.7 Å². The molecule has 1 aromatic heterocycles. The van der Waals surface area contributed by atoms with Gasteiger partial charge in [0.1, 0.15) is 29.6 Å². The smallest absolute Gasteiger partial charge is 0.185 e.